The molecule has 0 radical (unpaired) electrons. The van der Waals surface area contributed by atoms with Gasteiger partial charge >= 0.3 is 0 Å². The molecule has 0 aromatic heterocycles. The number of carbonyl (C=O) groups excluding carboxylic acids is 1. The van der Waals surface area contributed by atoms with Gasteiger partial charge in [0.05, 0.1) is 0 Å². The first-order valence-electron chi connectivity index (χ1n) is 7.92. The number of likely N-dealkylation sites (N-methyl/N-ethyl adjacent to an activating group) is 2. The van der Waals surface area contributed by atoms with Crippen LogP contribution in [0.1, 0.15) is 23.6 Å². The van der Waals surface area contributed by atoms with Crippen molar-refractivity contribution in [1.82, 2.24) is 20.7 Å². The van der Waals surface area contributed by atoms with E-state index in [1.54, 1.807) is 0 Å². The second kappa shape index (κ2) is 7.72. The monoisotopic (exact) mass is 304 g/mol. The van der Waals surface area contributed by atoms with Gasteiger partial charge in [0.15, 0.2) is 0 Å². The van der Waals surface area contributed by atoms with E-state index in [1.807, 2.05) is 30.9 Å². The van der Waals surface area contributed by atoms with Gasteiger partial charge in [-0.3, -0.25) is 20.5 Å². The van der Waals surface area contributed by atoms with Gasteiger partial charge in [0.1, 0.15) is 6.04 Å². The van der Waals surface area contributed by atoms with Gasteiger partial charge < -0.3 is 4.90 Å². The van der Waals surface area contributed by atoms with E-state index in [-0.39, 0.29) is 11.9 Å². The zero-order chi connectivity index (χ0) is 16.1. The third-order valence-electron chi connectivity index (χ3n) is 4.30. The highest BCUT2D eigenvalue weighted by atomic mass is 16.2. The van der Waals surface area contributed by atoms with Crippen molar-refractivity contribution in [3.63, 3.8) is 0 Å². The molecule has 5 heteroatoms. The summed E-state index contributed by atoms with van der Waals surface area (Å²) in [5.74, 6) is 0.764. The minimum Gasteiger partial charge on any atom is -0.344 e. The Kier molecular flexibility index (Phi) is 5.94. The maximum absolute atomic E-state index is 12.8. The molecular formula is C17H28N4O. The van der Waals surface area contributed by atoms with Crippen LogP contribution in [0.2, 0.25) is 0 Å². The van der Waals surface area contributed by atoms with Gasteiger partial charge in [0.2, 0.25) is 5.91 Å². The average Bonchev–Trinajstić information content (AvgIpc) is 3.00. The third-order valence-corrected chi connectivity index (χ3v) is 4.30. The van der Waals surface area contributed by atoms with Gasteiger partial charge in [-0.1, -0.05) is 29.8 Å². The Hall–Kier alpha value is -1.43. The van der Waals surface area contributed by atoms with Crippen molar-refractivity contribution >= 4 is 5.91 Å². The molecule has 1 aliphatic rings. The topological polar surface area (TPSA) is 47.6 Å². The highest BCUT2D eigenvalue weighted by Gasteiger charge is 2.26. The summed E-state index contributed by atoms with van der Waals surface area (Å²) in [4.78, 5) is 16.7. The number of aryl methyl sites for hydroxylation is 1. The van der Waals surface area contributed by atoms with Gasteiger partial charge in [0, 0.05) is 26.7 Å². The second-order valence-corrected chi connectivity index (χ2v) is 6.45. The molecule has 1 amide bonds. The highest BCUT2D eigenvalue weighted by Crippen LogP contribution is 2.21. The quantitative estimate of drug-likeness (QED) is 0.828. The van der Waals surface area contributed by atoms with Gasteiger partial charge in [-0.25, -0.2) is 0 Å². The first-order chi connectivity index (χ1) is 10.5. The Bertz CT molecular complexity index is 480. The predicted molar refractivity (Wildman–Crippen MR) is 89.4 cm³/mol. The number of benzene rings is 1. The first-order valence-corrected chi connectivity index (χ1v) is 7.92. The van der Waals surface area contributed by atoms with E-state index in [1.165, 1.54) is 5.56 Å². The molecule has 2 rings (SSSR count). The predicted octanol–water partition coefficient (Wildman–Crippen LogP) is 1.17. The fourth-order valence-corrected chi connectivity index (χ4v) is 2.81. The van der Waals surface area contributed by atoms with Crippen molar-refractivity contribution in [3.8, 4) is 0 Å². The second-order valence-electron chi connectivity index (χ2n) is 6.45. The molecule has 1 fully saturated rings. The van der Waals surface area contributed by atoms with Crippen LogP contribution < -0.4 is 10.9 Å². The summed E-state index contributed by atoms with van der Waals surface area (Å²) >= 11 is 0. The smallest absolute Gasteiger partial charge is 0.244 e. The molecule has 1 aromatic rings. The van der Waals surface area contributed by atoms with E-state index >= 15 is 0 Å². The third kappa shape index (κ3) is 4.29. The molecule has 1 saturated heterocycles. The molecular weight excluding hydrogens is 276 g/mol. The SMILES string of the molecule is Cc1ccc(C(C(=O)N(C)CCC2CNNC2)N(C)C)cc1. The molecule has 5 nitrogen and oxygen atoms in total. The lowest BCUT2D eigenvalue weighted by Crippen LogP contribution is -2.39. The summed E-state index contributed by atoms with van der Waals surface area (Å²) in [6, 6.07) is 8.02. The Balaban J connectivity index is 2.00. The summed E-state index contributed by atoms with van der Waals surface area (Å²) in [6.07, 6.45) is 1.02. The molecule has 2 N–H and O–H groups in total. The molecule has 0 saturated carbocycles. The summed E-state index contributed by atoms with van der Waals surface area (Å²) in [5, 5.41) is 0. The highest BCUT2D eigenvalue weighted by molar-refractivity contribution is 5.83. The van der Waals surface area contributed by atoms with Crippen LogP contribution in [0.5, 0.6) is 0 Å². The van der Waals surface area contributed by atoms with Crippen LogP contribution >= 0.6 is 0 Å². The average molecular weight is 304 g/mol. The molecule has 1 aliphatic heterocycles. The largest absolute Gasteiger partial charge is 0.344 e. The summed E-state index contributed by atoms with van der Waals surface area (Å²) in [7, 11) is 5.82. The van der Waals surface area contributed by atoms with Crippen LogP contribution in [0.3, 0.4) is 0 Å². The fraction of sp³-hybridized carbons (Fsp3) is 0.588. The van der Waals surface area contributed by atoms with Gasteiger partial charge in [-0.05, 0) is 38.9 Å². The van der Waals surface area contributed by atoms with E-state index in [0.717, 1.165) is 31.6 Å². The van der Waals surface area contributed by atoms with Crippen LogP contribution in [0, 0.1) is 12.8 Å². The number of hydrogen-bond donors (Lipinski definition) is 2. The van der Waals surface area contributed by atoms with E-state index in [0.29, 0.717) is 5.92 Å². The van der Waals surface area contributed by atoms with Crippen LogP contribution in [0.4, 0.5) is 0 Å². The lowest BCUT2D eigenvalue weighted by atomic mass is 10.0. The zero-order valence-corrected chi connectivity index (χ0v) is 14.1. The maximum Gasteiger partial charge on any atom is 0.244 e. The molecule has 0 aliphatic carbocycles. The molecule has 0 bridgehead atoms. The molecule has 1 heterocycles. The van der Waals surface area contributed by atoms with Crippen molar-refractivity contribution in [3.05, 3.63) is 35.4 Å². The Morgan fingerprint density at radius 1 is 1.18 bits per heavy atom. The number of nitrogens with zero attached hydrogens (tertiary/aromatic N) is 2. The summed E-state index contributed by atoms with van der Waals surface area (Å²) in [5.41, 5.74) is 8.54. The number of hydrogen-bond acceptors (Lipinski definition) is 4. The maximum atomic E-state index is 12.8. The van der Waals surface area contributed by atoms with Crippen LogP contribution in [-0.4, -0.2) is 56.5 Å². The minimum atomic E-state index is -0.217. The van der Waals surface area contributed by atoms with E-state index in [2.05, 4.69) is 42.0 Å². The summed E-state index contributed by atoms with van der Waals surface area (Å²) in [6.45, 7) is 4.82. The molecule has 1 unspecified atom stereocenters. The van der Waals surface area contributed by atoms with Crippen LogP contribution in [0.15, 0.2) is 24.3 Å². The Labute approximate surface area is 133 Å². The van der Waals surface area contributed by atoms with Gasteiger partial charge in [0.25, 0.3) is 0 Å². The molecule has 122 valence electrons. The van der Waals surface area contributed by atoms with Gasteiger partial charge in [-0.2, -0.15) is 0 Å². The van der Waals surface area contributed by atoms with Crippen molar-refractivity contribution < 1.29 is 4.79 Å². The van der Waals surface area contributed by atoms with E-state index in [9.17, 15) is 4.79 Å². The lowest BCUT2D eigenvalue weighted by molar-refractivity contribution is -0.135. The first kappa shape index (κ1) is 16.9. The molecule has 1 aromatic carbocycles. The fourth-order valence-electron chi connectivity index (χ4n) is 2.81. The molecule has 0 spiro atoms. The lowest BCUT2D eigenvalue weighted by Gasteiger charge is -2.29. The number of amides is 1. The number of rotatable bonds is 6. The van der Waals surface area contributed by atoms with Crippen LogP contribution in [0.25, 0.3) is 0 Å². The number of hydrazine groups is 1. The number of nitrogens with one attached hydrogen (secondary N) is 2. The van der Waals surface area contributed by atoms with Crippen molar-refractivity contribution in [1.29, 1.82) is 0 Å². The van der Waals surface area contributed by atoms with Crippen molar-refractivity contribution in [2.75, 3.05) is 40.8 Å². The van der Waals surface area contributed by atoms with Gasteiger partial charge in [-0.15, -0.1) is 0 Å². The normalized spacial score (nSPS) is 17.0. The molecule has 1 atom stereocenters. The Morgan fingerprint density at radius 3 is 2.32 bits per heavy atom. The van der Waals surface area contributed by atoms with Crippen molar-refractivity contribution in [2.24, 2.45) is 5.92 Å². The minimum absolute atomic E-state index is 0.160. The standard InChI is InChI=1S/C17H28N4O/c1-13-5-7-15(8-6-13)16(20(2)3)17(22)21(4)10-9-14-11-18-19-12-14/h5-8,14,16,18-19H,9-12H2,1-4H3. The zero-order valence-electron chi connectivity index (χ0n) is 14.1. The van der Waals surface area contributed by atoms with Crippen molar-refractivity contribution in [2.45, 2.75) is 19.4 Å². The van der Waals surface area contributed by atoms with E-state index in [4.69, 9.17) is 0 Å². The summed E-state index contributed by atoms with van der Waals surface area (Å²) < 4.78 is 0. The molecule has 22 heavy (non-hydrogen) atoms. The van der Waals surface area contributed by atoms with E-state index < -0.39 is 0 Å². The van der Waals surface area contributed by atoms with Crippen LogP contribution in [-0.2, 0) is 4.79 Å². The number of carbonyl (C=O) groups is 1. The Morgan fingerprint density at radius 2 is 1.77 bits per heavy atom.